The summed E-state index contributed by atoms with van der Waals surface area (Å²) < 4.78 is 25.0. The molecule has 0 aliphatic heterocycles. The molecule has 4 heteroatoms. The van der Waals surface area contributed by atoms with Gasteiger partial charge in [0.05, 0.1) is 0 Å². The summed E-state index contributed by atoms with van der Waals surface area (Å²) in [4.78, 5) is 0. The highest BCUT2D eigenvalue weighted by atomic mass is 35.5. The Balaban J connectivity index is 0.00000144. The lowest BCUT2D eigenvalue weighted by atomic mass is 10.1. The summed E-state index contributed by atoms with van der Waals surface area (Å²) in [5.74, 6) is -1.63. The second-order valence-electron chi connectivity index (χ2n) is 2.93. The molecule has 0 aliphatic rings. The Bertz CT molecular complexity index is 276. The van der Waals surface area contributed by atoms with Crippen LogP contribution in [0.15, 0.2) is 18.2 Å². The van der Waals surface area contributed by atoms with Crippen LogP contribution >= 0.6 is 12.4 Å². The summed E-state index contributed by atoms with van der Waals surface area (Å²) in [6.45, 7) is 1.82. The molecule has 0 aromatic heterocycles. The van der Waals surface area contributed by atoms with E-state index in [-0.39, 0.29) is 18.4 Å². The molecule has 1 atom stereocenters. The van der Waals surface area contributed by atoms with Crippen molar-refractivity contribution >= 4 is 12.4 Å². The summed E-state index contributed by atoms with van der Waals surface area (Å²) in [5.41, 5.74) is 6.22. The third kappa shape index (κ3) is 3.70. The van der Waals surface area contributed by atoms with Crippen LogP contribution in [0.1, 0.15) is 12.5 Å². The van der Waals surface area contributed by atoms with Gasteiger partial charge in [-0.15, -0.1) is 12.4 Å². The molecule has 0 bridgehead atoms. The van der Waals surface area contributed by atoms with Gasteiger partial charge in [0.2, 0.25) is 0 Å². The van der Waals surface area contributed by atoms with Crippen LogP contribution in [0.5, 0.6) is 0 Å². The van der Waals surface area contributed by atoms with Gasteiger partial charge in [0.1, 0.15) is 0 Å². The van der Waals surface area contributed by atoms with Gasteiger partial charge < -0.3 is 5.73 Å². The Hall–Kier alpha value is -0.670. The highest BCUT2D eigenvalue weighted by Gasteiger charge is 2.03. The first-order chi connectivity index (χ1) is 5.59. The van der Waals surface area contributed by atoms with Crippen LogP contribution in [-0.2, 0) is 6.42 Å². The molecule has 0 heterocycles. The standard InChI is InChI=1S/C9H11F2N.ClH/c1-6(12)4-7-2-3-8(10)9(11)5-7;/h2-3,5-6H,4,12H2,1H3;1H/t6-;/m0./s1. The maximum absolute atomic E-state index is 12.6. The number of hydrogen-bond acceptors (Lipinski definition) is 1. The Kier molecular flexibility index (Phi) is 4.88. The molecule has 0 unspecified atom stereocenters. The fourth-order valence-electron chi connectivity index (χ4n) is 1.04. The fraction of sp³-hybridized carbons (Fsp3) is 0.333. The number of nitrogens with two attached hydrogens (primary N) is 1. The van der Waals surface area contributed by atoms with Crippen LogP contribution in [0.25, 0.3) is 0 Å². The van der Waals surface area contributed by atoms with Gasteiger partial charge in [-0.3, -0.25) is 0 Å². The van der Waals surface area contributed by atoms with E-state index < -0.39 is 11.6 Å². The van der Waals surface area contributed by atoms with E-state index in [0.717, 1.165) is 11.6 Å². The van der Waals surface area contributed by atoms with Gasteiger partial charge in [-0.2, -0.15) is 0 Å². The van der Waals surface area contributed by atoms with Crippen molar-refractivity contribution in [3.05, 3.63) is 35.4 Å². The van der Waals surface area contributed by atoms with E-state index in [0.29, 0.717) is 6.42 Å². The molecule has 2 N–H and O–H groups in total. The topological polar surface area (TPSA) is 26.0 Å². The van der Waals surface area contributed by atoms with Crippen molar-refractivity contribution in [2.24, 2.45) is 5.73 Å². The lowest BCUT2D eigenvalue weighted by Crippen LogP contribution is -2.17. The summed E-state index contributed by atoms with van der Waals surface area (Å²) in [6.07, 6.45) is 0.567. The molecule has 1 rings (SSSR count). The molecular weight excluding hydrogens is 196 g/mol. The normalized spacial score (nSPS) is 12.0. The summed E-state index contributed by atoms with van der Waals surface area (Å²) in [6, 6.07) is 3.81. The minimum Gasteiger partial charge on any atom is -0.328 e. The Morgan fingerprint density at radius 1 is 1.31 bits per heavy atom. The Morgan fingerprint density at radius 2 is 1.92 bits per heavy atom. The van der Waals surface area contributed by atoms with Crippen LogP contribution in [0, 0.1) is 11.6 Å². The Morgan fingerprint density at radius 3 is 2.38 bits per heavy atom. The first-order valence-corrected chi connectivity index (χ1v) is 3.79. The third-order valence-electron chi connectivity index (χ3n) is 1.54. The summed E-state index contributed by atoms with van der Waals surface area (Å²) >= 11 is 0. The molecule has 0 saturated heterocycles. The van der Waals surface area contributed by atoms with E-state index in [4.69, 9.17) is 5.73 Å². The predicted octanol–water partition coefficient (Wildman–Crippen LogP) is 2.28. The van der Waals surface area contributed by atoms with E-state index in [2.05, 4.69) is 0 Å². The van der Waals surface area contributed by atoms with Crippen molar-refractivity contribution in [3.8, 4) is 0 Å². The molecule has 0 fully saturated rings. The third-order valence-corrected chi connectivity index (χ3v) is 1.54. The van der Waals surface area contributed by atoms with Crippen molar-refractivity contribution in [2.75, 3.05) is 0 Å². The molecule has 13 heavy (non-hydrogen) atoms. The summed E-state index contributed by atoms with van der Waals surface area (Å²) in [5, 5.41) is 0. The highest BCUT2D eigenvalue weighted by Crippen LogP contribution is 2.09. The molecule has 0 amide bonds. The largest absolute Gasteiger partial charge is 0.328 e. The van der Waals surface area contributed by atoms with Crippen molar-refractivity contribution in [2.45, 2.75) is 19.4 Å². The zero-order valence-electron chi connectivity index (χ0n) is 7.26. The molecule has 0 saturated carbocycles. The van der Waals surface area contributed by atoms with Crippen LogP contribution in [0.4, 0.5) is 8.78 Å². The minimum atomic E-state index is -0.816. The zero-order valence-corrected chi connectivity index (χ0v) is 8.07. The van der Waals surface area contributed by atoms with E-state index in [1.54, 1.807) is 6.07 Å². The maximum Gasteiger partial charge on any atom is 0.159 e. The zero-order chi connectivity index (χ0) is 9.14. The van der Waals surface area contributed by atoms with Gasteiger partial charge in [0.15, 0.2) is 11.6 Å². The molecule has 1 aromatic carbocycles. The smallest absolute Gasteiger partial charge is 0.159 e. The van der Waals surface area contributed by atoms with Gasteiger partial charge in [0, 0.05) is 6.04 Å². The van der Waals surface area contributed by atoms with Crippen molar-refractivity contribution in [3.63, 3.8) is 0 Å². The van der Waals surface area contributed by atoms with Gasteiger partial charge in [-0.1, -0.05) is 6.07 Å². The van der Waals surface area contributed by atoms with Gasteiger partial charge in [-0.25, -0.2) is 8.78 Å². The number of halogens is 3. The minimum absolute atomic E-state index is 0. The Labute approximate surface area is 82.4 Å². The van der Waals surface area contributed by atoms with Crippen molar-refractivity contribution < 1.29 is 8.78 Å². The van der Waals surface area contributed by atoms with E-state index in [1.165, 1.54) is 6.07 Å². The molecule has 74 valence electrons. The van der Waals surface area contributed by atoms with Crippen molar-refractivity contribution in [1.29, 1.82) is 0 Å². The van der Waals surface area contributed by atoms with Crippen LogP contribution in [-0.4, -0.2) is 6.04 Å². The second-order valence-corrected chi connectivity index (χ2v) is 2.93. The first kappa shape index (κ1) is 12.3. The average Bonchev–Trinajstić information content (AvgIpc) is 1.96. The average molecular weight is 208 g/mol. The lowest BCUT2D eigenvalue weighted by Gasteiger charge is -2.04. The SMILES string of the molecule is C[C@H](N)Cc1ccc(F)c(F)c1.Cl. The lowest BCUT2D eigenvalue weighted by molar-refractivity contribution is 0.506. The first-order valence-electron chi connectivity index (χ1n) is 3.79. The molecule has 0 spiro atoms. The second kappa shape index (κ2) is 5.14. The van der Waals surface area contributed by atoms with E-state index >= 15 is 0 Å². The predicted molar refractivity (Wildman–Crippen MR) is 51.0 cm³/mol. The fourth-order valence-corrected chi connectivity index (χ4v) is 1.04. The molecular formula is C9H12ClF2N. The van der Waals surface area contributed by atoms with Crippen LogP contribution in [0.3, 0.4) is 0 Å². The van der Waals surface area contributed by atoms with Crippen LogP contribution < -0.4 is 5.73 Å². The van der Waals surface area contributed by atoms with Crippen molar-refractivity contribution in [1.82, 2.24) is 0 Å². The maximum atomic E-state index is 12.6. The van der Waals surface area contributed by atoms with Gasteiger partial charge >= 0.3 is 0 Å². The highest BCUT2D eigenvalue weighted by molar-refractivity contribution is 5.85. The van der Waals surface area contributed by atoms with Gasteiger partial charge in [-0.05, 0) is 31.0 Å². The van der Waals surface area contributed by atoms with E-state index in [9.17, 15) is 8.78 Å². The quantitative estimate of drug-likeness (QED) is 0.791. The van der Waals surface area contributed by atoms with E-state index in [1.807, 2.05) is 6.92 Å². The summed E-state index contributed by atoms with van der Waals surface area (Å²) in [7, 11) is 0. The number of hydrogen-bond donors (Lipinski definition) is 1. The molecule has 1 nitrogen and oxygen atoms in total. The number of rotatable bonds is 2. The molecule has 0 aliphatic carbocycles. The van der Waals surface area contributed by atoms with Crippen LogP contribution in [0.2, 0.25) is 0 Å². The molecule has 1 aromatic rings. The monoisotopic (exact) mass is 207 g/mol. The van der Waals surface area contributed by atoms with Gasteiger partial charge in [0.25, 0.3) is 0 Å². The molecule has 0 radical (unpaired) electrons. The number of benzene rings is 1.